The molecule has 0 saturated carbocycles. The van der Waals surface area contributed by atoms with Gasteiger partial charge in [0, 0.05) is 18.2 Å². The maximum absolute atomic E-state index is 14.3. The Hall–Kier alpha value is -2.18. The number of rotatable bonds is 6. The van der Waals surface area contributed by atoms with Gasteiger partial charge in [-0.15, -0.1) is 0 Å². The van der Waals surface area contributed by atoms with Gasteiger partial charge >= 0.3 is 5.97 Å². The van der Waals surface area contributed by atoms with Gasteiger partial charge in [-0.2, -0.15) is 0 Å². The fraction of sp³-hybridized carbons (Fsp3) is 0.421. The molecule has 2 heterocycles. The first-order valence-electron chi connectivity index (χ1n) is 8.40. The van der Waals surface area contributed by atoms with Crippen molar-refractivity contribution in [3.63, 3.8) is 0 Å². The number of furan rings is 1. The fourth-order valence-electron chi connectivity index (χ4n) is 3.36. The highest BCUT2D eigenvalue weighted by molar-refractivity contribution is 5.89. The highest BCUT2D eigenvalue weighted by Gasteiger charge is 2.28. The molecule has 134 valence electrons. The van der Waals surface area contributed by atoms with Crippen LogP contribution in [0.1, 0.15) is 47.0 Å². The second-order valence-corrected chi connectivity index (χ2v) is 6.33. The van der Waals surface area contributed by atoms with Gasteiger partial charge in [0.2, 0.25) is 0 Å². The zero-order chi connectivity index (χ0) is 17.8. The lowest BCUT2D eigenvalue weighted by molar-refractivity contribution is 0.0600. The Kier molecular flexibility index (Phi) is 5.50. The maximum Gasteiger partial charge on any atom is 0.337 e. The van der Waals surface area contributed by atoms with Gasteiger partial charge in [0.25, 0.3) is 0 Å². The van der Waals surface area contributed by atoms with Crippen molar-refractivity contribution < 1.29 is 23.4 Å². The highest BCUT2D eigenvalue weighted by Crippen LogP contribution is 2.29. The lowest BCUT2D eigenvalue weighted by Gasteiger charge is -2.26. The summed E-state index contributed by atoms with van der Waals surface area (Å²) in [5.41, 5.74) is 0.738. The predicted octanol–water partition coefficient (Wildman–Crippen LogP) is 3.29. The number of ether oxygens (including phenoxy) is 1. The molecular weight excluding hydrogens is 325 g/mol. The summed E-state index contributed by atoms with van der Waals surface area (Å²) in [4.78, 5) is 13.6. The summed E-state index contributed by atoms with van der Waals surface area (Å²) in [6.07, 6.45) is 3.41. The van der Waals surface area contributed by atoms with E-state index in [1.54, 1.807) is 30.5 Å². The molecule has 0 bridgehead atoms. The Bertz CT molecular complexity index is 716. The van der Waals surface area contributed by atoms with E-state index in [1.807, 2.05) is 0 Å². The Morgan fingerprint density at radius 3 is 3.00 bits per heavy atom. The van der Waals surface area contributed by atoms with Gasteiger partial charge in [-0.25, -0.2) is 9.18 Å². The molecule has 2 aromatic rings. The quantitative estimate of drug-likeness (QED) is 0.813. The van der Waals surface area contributed by atoms with Crippen molar-refractivity contribution in [2.45, 2.75) is 38.0 Å². The molecule has 1 aliphatic heterocycles. The molecule has 2 atom stereocenters. The number of hydrogen-bond donors (Lipinski definition) is 1. The zero-order valence-corrected chi connectivity index (χ0v) is 14.2. The van der Waals surface area contributed by atoms with Crippen LogP contribution in [0.2, 0.25) is 0 Å². The smallest absolute Gasteiger partial charge is 0.337 e. The number of aliphatic hydroxyl groups is 1. The van der Waals surface area contributed by atoms with E-state index in [2.05, 4.69) is 9.64 Å². The Labute approximate surface area is 146 Å². The van der Waals surface area contributed by atoms with E-state index in [0.29, 0.717) is 24.3 Å². The lowest BCUT2D eigenvalue weighted by Crippen LogP contribution is -2.30. The van der Waals surface area contributed by atoms with Crippen LogP contribution in [0.5, 0.6) is 0 Å². The fourth-order valence-corrected chi connectivity index (χ4v) is 3.36. The molecule has 0 amide bonds. The van der Waals surface area contributed by atoms with Crippen molar-refractivity contribution in [3.8, 4) is 0 Å². The first kappa shape index (κ1) is 17.6. The molecule has 2 unspecified atom stereocenters. The third-order valence-electron chi connectivity index (χ3n) is 4.71. The second-order valence-electron chi connectivity index (χ2n) is 6.33. The summed E-state index contributed by atoms with van der Waals surface area (Å²) >= 11 is 0. The summed E-state index contributed by atoms with van der Waals surface area (Å²) < 4.78 is 24.2. The number of aliphatic hydroxyl groups excluding tert-OH is 1. The first-order chi connectivity index (χ1) is 12.1. The number of nitrogens with zero attached hydrogens (tertiary/aromatic N) is 1. The van der Waals surface area contributed by atoms with E-state index in [1.165, 1.54) is 13.2 Å². The zero-order valence-electron chi connectivity index (χ0n) is 14.2. The van der Waals surface area contributed by atoms with Gasteiger partial charge in [-0.05, 0) is 50.1 Å². The summed E-state index contributed by atoms with van der Waals surface area (Å²) in [7, 11) is 1.27. The lowest BCUT2D eigenvalue weighted by atomic mass is 10.0. The van der Waals surface area contributed by atoms with E-state index in [-0.39, 0.29) is 11.6 Å². The van der Waals surface area contributed by atoms with Crippen LogP contribution >= 0.6 is 0 Å². The Morgan fingerprint density at radius 1 is 1.48 bits per heavy atom. The molecule has 1 N–H and O–H groups in total. The van der Waals surface area contributed by atoms with Crippen molar-refractivity contribution >= 4 is 5.97 Å². The van der Waals surface area contributed by atoms with Crippen LogP contribution in [0.3, 0.4) is 0 Å². The van der Waals surface area contributed by atoms with Crippen LogP contribution in [0, 0.1) is 5.82 Å². The monoisotopic (exact) mass is 347 g/mol. The van der Waals surface area contributed by atoms with Crippen LogP contribution in [-0.2, 0) is 11.3 Å². The minimum atomic E-state index is -0.660. The van der Waals surface area contributed by atoms with Gasteiger partial charge < -0.3 is 14.3 Å². The average molecular weight is 347 g/mol. The van der Waals surface area contributed by atoms with Gasteiger partial charge in [0.05, 0.1) is 18.9 Å². The van der Waals surface area contributed by atoms with E-state index >= 15 is 0 Å². The molecule has 1 aromatic heterocycles. The standard InChI is InChI=1S/C19H22FNO4/c1-24-19(23)13-6-7-14(16(20)10-13)12-21-8-2-4-15(21)11-17(22)18-5-3-9-25-18/h3,5-7,9-10,15,17,22H,2,4,8,11-12H2,1H3. The minimum Gasteiger partial charge on any atom is -0.467 e. The van der Waals surface area contributed by atoms with Crippen molar-refractivity contribution in [2.24, 2.45) is 0 Å². The first-order valence-corrected chi connectivity index (χ1v) is 8.40. The molecule has 25 heavy (non-hydrogen) atoms. The number of methoxy groups -OCH3 is 1. The summed E-state index contributed by atoms with van der Waals surface area (Å²) in [6, 6.07) is 8.09. The topological polar surface area (TPSA) is 62.9 Å². The molecule has 1 fully saturated rings. The Morgan fingerprint density at radius 2 is 2.32 bits per heavy atom. The number of esters is 1. The van der Waals surface area contributed by atoms with E-state index in [4.69, 9.17) is 4.42 Å². The summed E-state index contributed by atoms with van der Waals surface area (Å²) in [5, 5.41) is 10.3. The molecule has 5 nitrogen and oxygen atoms in total. The molecule has 6 heteroatoms. The molecule has 0 aliphatic carbocycles. The van der Waals surface area contributed by atoms with Crippen LogP contribution in [-0.4, -0.2) is 35.7 Å². The maximum atomic E-state index is 14.3. The second kappa shape index (κ2) is 7.80. The van der Waals surface area contributed by atoms with Crippen molar-refractivity contribution in [2.75, 3.05) is 13.7 Å². The predicted molar refractivity (Wildman–Crippen MR) is 89.5 cm³/mol. The van der Waals surface area contributed by atoms with Gasteiger partial charge in [-0.1, -0.05) is 6.07 Å². The molecule has 0 radical (unpaired) electrons. The number of carbonyl (C=O) groups is 1. The molecule has 0 spiro atoms. The molecule has 1 saturated heterocycles. The van der Waals surface area contributed by atoms with Gasteiger partial charge in [0.1, 0.15) is 17.7 Å². The van der Waals surface area contributed by atoms with Gasteiger partial charge in [0.15, 0.2) is 0 Å². The number of halogens is 1. The summed E-state index contributed by atoms with van der Waals surface area (Å²) in [6.45, 7) is 1.30. The molecule has 3 rings (SSSR count). The Balaban J connectivity index is 1.66. The highest BCUT2D eigenvalue weighted by atomic mass is 19.1. The van der Waals surface area contributed by atoms with Crippen LogP contribution in [0.15, 0.2) is 41.0 Å². The minimum absolute atomic E-state index is 0.166. The van der Waals surface area contributed by atoms with Crippen LogP contribution in [0.4, 0.5) is 4.39 Å². The molecule has 1 aromatic carbocycles. The SMILES string of the molecule is COC(=O)c1ccc(CN2CCCC2CC(O)c2ccco2)c(F)c1. The third kappa shape index (κ3) is 4.08. The molecular formula is C19H22FNO4. The van der Waals surface area contributed by atoms with Gasteiger partial charge in [-0.3, -0.25) is 4.90 Å². The van der Waals surface area contributed by atoms with Crippen molar-refractivity contribution in [3.05, 3.63) is 59.3 Å². The third-order valence-corrected chi connectivity index (χ3v) is 4.71. The van der Waals surface area contributed by atoms with Crippen molar-refractivity contribution in [1.82, 2.24) is 4.90 Å². The van der Waals surface area contributed by atoms with E-state index in [0.717, 1.165) is 19.4 Å². The van der Waals surface area contributed by atoms with E-state index in [9.17, 15) is 14.3 Å². The summed E-state index contributed by atoms with van der Waals surface area (Å²) in [5.74, 6) is -0.410. The number of hydrogen-bond acceptors (Lipinski definition) is 5. The number of carbonyl (C=O) groups excluding carboxylic acids is 1. The normalized spacial score (nSPS) is 19.1. The van der Waals surface area contributed by atoms with Crippen LogP contribution in [0.25, 0.3) is 0 Å². The number of benzene rings is 1. The van der Waals surface area contributed by atoms with E-state index < -0.39 is 17.9 Å². The molecule has 1 aliphatic rings. The number of likely N-dealkylation sites (tertiary alicyclic amines) is 1. The largest absolute Gasteiger partial charge is 0.467 e. The van der Waals surface area contributed by atoms with Crippen LogP contribution < -0.4 is 0 Å². The average Bonchev–Trinajstić information content (AvgIpc) is 3.28. The van der Waals surface area contributed by atoms with Crippen molar-refractivity contribution in [1.29, 1.82) is 0 Å².